The molecule has 1 unspecified atom stereocenters. The molecule has 1 N–H and O–H groups in total. The Labute approximate surface area is 146 Å². The second kappa shape index (κ2) is 7.09. The smallest absolute Gasteiger partial charge is 0.254 e. The number of benzene rings is 1. The lowest BCUT2D eigenvalue weighted by molar-refractivity contribution is -0.131. The second-order valence-electron chi connectivity index (χ2n) is 6.41. The Balaban J connectivity index is 1.83. The van der Waals surface area contributed by atoms with Crippen LogP contribution in [-0.4, -0.2) is 34.4 Å². The van der Waals surface area contributed by atoms with Crippen molar-refractivity contribution in [2.45, 2.75) is 39.2 Å². The van der Waals surface area contributed by atoms with Gasteiger partial charge in [-0.15, -0.1) is 0 Å². The van der Waals surface area contributed by atoms with Crippen LogP contribution in [0.1, 0.15) is 41.5 Å². The van der Waals surface area contributed by atoms with Crippen LogP contribution in [-0.2, 0) is 11.2 Å². The van der Waals surface area contributed by atoms with E-state index in [4.69, 9.17) is 4.74 Å². The van der Waals surface area contributed by atoms with E-state index >= 15 is 0 Å². The van der Waals surface area contributed by atoms with Gasteiger partial charge < -0.3 is 14.6 Å². The molecule has 0 bridgehead atoms. The number of methoxy groups -OCH3 is 1. The molecule has 2 aromatic rings. The number of nitrogens with zero attached hydrogens (tertiary/aromatic N) is 2. The van der Waals surface area contributed by atoms with Crippen LogP contribution in [0.4, 0.5) is 0 Å². The van der Waals surface area contributed by atoms with Crippen LogP contribution in [0.2, 0.25) is 0 Å². The minimum absolute atomic E-state index is 0.0281. The minimum atomic E-state index is -0.226. The number of hydrogen-bond acceptors (Lipinski definition) is 4. The number of carbonyl (C=O) groups is 1. The second-order valence-corrected chi connectivity index (χ2v) is 6.41. The lowest BCUT2D eigenvalue weighted by Crippen LogP contribution is -2.34. The number of carbonyl (C=O) groups excluding carboxylic acids is 1. The topological polar surface area (TPSA) is 75.3 Å². The molecule has 1 atom stereocenters. The number of ether oxygens (including phenoxy) is 1. The maximum Gasteiger partial charge on any atom is 0.254 e. The molecular weight excluding hydrogens is 318 g/mol. The van der Waals surface area contributed by atoms with Crippen LogP contribution in [0.15, 0.2) is 29.1 Å². The molecular formula is C19H23N3O3. The fourth-order valence-electron chi connectivity index (χ4n) is 3.47. The third-order valence-electron chi connectivity index (χ3n) is 4.72. The number of nitrogens with one attached hydrogen (secondary N) is 1. The number of aromatic nitrogens is 2. The maximum atomic E-state index is 12.9. The van der Waals surface area contributed by atoms with E-state index in [9.17, 15) is 9.59 Å². The molecule has 1 saturated heterocycles. The van der Waals surface area contributed by atoms with Gasteiger partial charge in [0.15, 0.2) is 0 Å². The minimum Gasteiger partial charge on any atom is -0.497 e. The highest BCUT2D eigenvalue weighted by Gasteiger charge is 2.30. The van der Waals surface area contributed by atoms with Crippen molar-refractivity contribution in [3.8, 4) is 5.75 Å². The Morgan fingerprint density at radius 3 is 2.92 bits per heavy atom. The van der Waals surface area contributed by atoms with Crippen molar-refractivity contribution in [2.24, 2.45) is 0 Å². The molecule has 0 radical (unpaired) electrons. The maximum absolute atomic E-state index is 12.9. The van der Waals surface area contributed by atoms with Crippen molar-refractivity contribution >= 4 is 5.91 Å². The predicted octanol–water partition coefficient (Wildman–Crippen LogP) is 2.30. The van der Waals surface area contributed by atoms with Crippen molar-refractivity contribution in [3.05, 3.63) is 57.3 Å². The molecule has 0 aliphatic carbocycles. The third-order valence-corrected chi connectivity index (χ3v) is 4.72. The standard InChI is InChI=1S/C19H23N3O3/c1-12-16(19(24)21-13(2)20-12)11-18(23)22-9-5-8-17(22)14-6-4-7-15(10-14)25-3/h4,6-7,10,17H,5,8-9,11H2,1-3H3,(H,20,21,24). The van der Waals surface area contributed by atoms with Gasteiger partial charge in [0, 0.05) is 17.8 Å². The molecule has 1 aliphatic heterocycles. The number of aromatic amines is 1. The van der Waals surface area contributed by atoms with Gasteiger partial charge in [-0.05, 0) is 44.4 Å². The average molecular weight is 341 g/mol. The van der Waals surface area contributed by atoms with E-state index in [-0.39, 0.29) is 23.9 Å². The first-order valence-corrected chi connectivity index (χ1v) is 8.49. The first-order chi connectivity index (χ1) is 12.0. The molecule has 1 aromatic carbocycles. The zero-order valence-corrected chi connectivity index (χ0v) is 14.8. The van der Waals surface area contributed by atoms with Crippen LogP contribution in [0.25, 0.3) is 0 Å². The summed E-state index contributed by atoms with van der Waals surface area (Å²) in [6.45, 7) is 4.21. The zero-order valence-electron chi connectivity index (χ0n) is 14.8. The van der Waals surface area contributed by atoms with E-state index in [1.807, 2.05) is 29.2 Å². The van der Waals surface area contributed by atoms with E-state index in [1.54, 1.807) is 21.0 Å². The van der Waals surface area contributed by atoms with E-state index in [2.05, 4.69) is 9.97 Å². The third kappa shape index (κ3) is 3.57. The molecule has 0 saturated carbocycles. The van der Waals surface area contributed by atoms with Crippen molar-refractivity contribution in [2.75, 3.05) is 13.7 Å². The lowest BCUT2D eigenvalue weighted by Gasteiger charge is -2.25. The molecule has 0 spiro atoms. The summed E-state index contributed by atoms with van der Waals surface area (Å²) in [5.41, 5.74) is 1.91. The number of H-pyrrole nitrogens is 1. The summed E-state index contributed by atoms with van der Waals surface area (Å²) in [5, 5.41) is 0. The monoisotopic (exact) mass is 341 g/mol. The largest absolute Gasteiger partial charge is 0.497 e. The normalized spacial score (nSPS) is 16.9. The van der Waals surface area contributed by atoms with Crippen molar-refractivity contribution in [3.63, 3.8) is 0 Å². The number of aryl methyl sites for hydroxylation is 2. The summed E-state index contributed by atoms with van der Waals surface area (Å²) in [4.78, 5) is 33.8. The van der Waals surface area contributed by atoms with Gasteiger partial charge in [-0.3, -0.25) is 9.59 Å². The Bertz CT molecular complexity index is 844. The molecule has 2 heterocycles. The zero-order chi connectivity index (χ0) is 18.0. The molecule has 1 aromatic heterocycles. The molecule has 132 valence electrons. The van der Waals surface area contributed by atoms with Gasteiger partial charge in [0.05, 0.1) is 19.6 Å². The van der Waals surface area contributed by atoms with Gasteiger partial charge in [0.1, 0.15) is 11.6 Å². The van der Waals surface area contributed by atoms with Crippen LogP contribution >= 0.6 is 0 Å². The van der Waals surface area contributed by atoms with Gasteiger partial charge in [-0.25, -0.2) is 4.98 Å². The van der Waals surface area contributed by atoms with E-state index < -0.39 is 0 Å². The summed E-state index contributed by atoms with van der Waals surface area (Å²) in [6, 6.07) is 7.85. The number of hydrogen-bond donors (Lipinski definition) is 1. The lowest BCUT2D eigenvalue weighted by atomic mass is 10.0. The fourth-order valence-corrected chi connectivity index (χ4v) is 3.47. The fraction of sp³-hybridized carbons (Fsp3) is 0.421. The highest BCUT2D eigenvalue weighted by molar-refractivity contribution is 5.79. The van der Waals surface area contributed by atoms with Crippen molar-refractivity contribution in [1.82, 2.24) is 14.9 Å². The summed E-state index contributed by atoms with van der Waals surface area (Å²) in [5.74, 6) is 1.31. The van der Waals surface area contributed by atoms with Gasteiger partial charge >= 0.3 is 0 Å². The van der Waals surface area contributed by atoms with E-state index in [1.165, 1.54) is 0 Å². The van der Waals surface area contributed by atoms with Gasteiger partial charge in [0.2, 0.25) is 5.91 Å². The highest BCUT2D eigenvalue weighted by Crippen LogP contribution is 2.33. The van der Waals surface area contributed by atoms with Gasteiger partial charge in [0.25, 0.3) is 5.56 Å². The summed E-state index contributed by atoms with van der Waals surface area (Å²) < 4.78 is 5.29. The molecule has 1 fully saturated rings. The molecule has 1 aliphatic rings. The molecule has 1 amide bonds. The van der Waals surface area contributed by atoms with Crippen molar-refractivity contribution < 1.29 is 9.53 Å². The van der Waals surface area contributed by atoms with Crippen LogP contribution in [0.5, 0.6) is 5.75 Å². The van der Waals surface area contributed by atoms with Gasteiger partial charge in [-0.2, -0.15) is 0 Å². The molecule has 25 heavy (non-hydrogen) atoms. The summed E-state index contributed by atoms with van der Waals surface area (Å²) in [7, 11) is 1.64. The van der Waals surface area contributed by atoms with Crippen LogP contribution in [0, 0.1) is 13.8 Å². The Morgan fingerprint density at radius 1 is 1.40 bits per heavy atom. The van der Waals surface area contributed by atoms with Gasteiger partial charge in [-0.1, -0.05) is 12.1 Å². The van der Waals surface area contributed by atoms with E-state index in [0.29, 0.717) is 23.6 Å². The summed E-state index contributed by atoms with van der Waals surface area (Å²) >= 11 is 0. The first-order valence-electron chi connectivity index (χ1n) is 8.49. The average Bonchev–Trinajstić information content (AvgIpc) is 3.07. The number of rotatable bonds is 4. The predicted molar refractivity (Wildman–Crippen MR) is 94.7 cm³/mol. The van der Waals surface area contributed by atoms with E-state index in [0.717, 1.165) is 24.2 Å². The highest BCUT2D eigenvalue weighted by atomic mass is 16.5. The quantitative estimate of drug-likeness (QED) is 0.926. The molecule has 6 nitrogen and oxygen atoms in total. The Hall–Kier alpha value is -2.63. The Kier molecular flexibility index (Phi) is 4.88. The Morgan fingerprint density at radius 2 is 2.20 bits per heavy atom. The number of likely N-dealkylation sites (tertiary alicyclic amines) is 1. The number of amides is 1. The SMILES string of the molecule is COc1cccc(C2CCCN2C(=O)Cc2c(C)nc(C)[nH]c2=O)c1. The first kappa shape index (κ1) is 17.2. The molecule has 6 heteroatoms. The summed E-state index contributed by atoms with van der Waals surface area (Å²) in [6.07, 6.45) is 1.95. The van der Waals surface area contributed by atoms with Crippen molar-refractivity contribution in [1.29, 1.82) is 0 Å². The van der Waals surface area contributed by atoms with Crippen LogP contribution < -0.4 is 10.3 Å². The molecule has 3 rings (SSSR count). The van der Waals surface area contributed by atoms with Crippen LogP contribution in [0.3, 0.4) is 0 Å².